The van der Waals surface area contributed by atoms with Crippen LogP contribution in [-0.4, -0.2) is 4.92 Å². The molecule has 1 rings (SSSR count). The molecule has 0 aromatic heterocycles. The van der Waals surface area contributed by atoms with Crippen LogP contribution in [0.2, 0.25) is 0 Å². The van der Waals surface area contributed by atoms with E-state index in [1.54, 1.807) is 0 Å². The van der Waals surface area contributed by atoms with E-state index in [9.17, 15) is 23.3 Å². The average Bonchev–Trinajstić information content (AvgIpc) is 2.01. The van der Waals surface area contributed by atoms with Crippen LogP contribution in [0.5, 0.6) is 0 Å². The molecule has 70 valence electrons. The Hall–Kier alpha value is -1.11. The van der Waals surface area contributed by atoms with E-state index in [1.165, 1.54) is 0 Å². The Morgan fingerprint density at radius 3 is 2.31 bits per heavy atom. The lowest BCUT2D eigenvalue weighted by atomic mass is 10.3. The summed E-state index contributed by atoms with van der Waals surface area (Å²) in [5.74, 6) is -4.49. The molecule has 0 unspecified atom stereocenters. The van der Waals surface area contributed by atoms with Crippen molar-refractivity contribution in [1.82, 2.24) is 0 Å². The van der Waals surface area contributed by atoms with Crippen molar-refractivity contribution in [3.05, 3.63) is 38.1 Å². The van der Waals surface area contributed by atoms with Gasteiger partial charge in [0.2, 0.25) is 5.82 Å². The Bertz CT molecular complexity index is 356. The predicted molar refractivity (Wildman–Crippen MR) is 40.7 cm³/mol. The van der Waals surface area contributed by atoms with Crippen molar-refractivity contribution in [3.8, 4) is 0 Å². The first-order valence-electron chi connectivity index (χ1n) is 2.92. The van der Waals surface area contributed by atoms with Crippen molar-refractivity contribution in [1.29, 1.82) is 0 Å². The van der Waals surface area contributed by atoms with Crippen molar-refractivity contribution in [3.63, 3.8) is 0 Å². The Kier molecular flexibility index (Phi) is 2.55. The summed E-state index contributed by atoms with van der Waals surface area (Å²) in [5.41, 5.74) is -1.24. The van der Waals surface area contributed by atoms with Gasteiger partial charge in [-0.25, -0.2) is 8.78 Å². The summed E-state index contributed by atoms with van der Waals surface area (Å²) in [6.07, 6.45) is 0. The monoisotopic (exact) mass is 255 g/mol. The minimum Gasteiger partial charge on any atom is -0.258 e. The smallest absolute Gasteiger partial charge is 0.258 e. The van der Waals surface area contributed by atoms with Gasteiger partial charge in [-0.1, -0.05) is 0 Å². The summed E-state index contributed by atoms with van der Waals surface area (Å²) in [7, 11) is 0. The number of halogens is 4. The topological polar surface area (TPSA) is 43.1 Å². The fourth-order valence-corrected chi connectivity index (χ4v) is 1.15. The molecule has 0 atom stereocenters. The van der Waals surface area contributed by atoms with Gasteiger partial charge in [0.1, 0.15) is 10.3 Å². The molecule has 0 spiro atoms. The van der Waals surface area contributed by atoms with Gasteiger partial charge in [-0.05, 0) is 15.9 Å². The fraction of sp³-hybridized carbons (Fsp3) is 0. The van der Waals surface area contributed by atoms with E-state index in [-0.39, 0.29) is 6.07 Å². The van der Waals surface area contributed by atoms with E-state index in [0.29, 0.717) is 0 Å². The van der Waals surface area contributed by atoms with Gasteiger partial charge in [-0.15, -0.1) is 0 Å². The third-order valence-electron chi connectivity index (χ3n) is 1.27. The zero-order valence-electron chi connectivity index (χ0n) is 5.85. The minimum absolute atomic E-state index is 0.229. The molecule has 0 aliphatic carbocycles. The molecule has 1 aromatic carbocycles. The summed E-state index contributed by atoms with van der Waals surface area (Å²) in [6, 6.07) is 0.229. The first kappa shape index (κ1) is 9.97. The van der Waals surface area contributed by atoms with Crippen molar-refractivity contribution in [2.24, 2.45) is 0 Å². The van der Waals surface area contributed by atoms with Crippen LogP contribution in [0.15, 0.2) is 10.5 Å². The number of hydrogen-bond donors (Lipinski definition) is 0. The summed E-state index contributed by atoms with van der Waals surface area (Å²) >= 11 is 2.44. The highest BCUT2D eigenvalue weighted by atomic mass is 79.9. The average molecular weight is 256 g/mol. The molecule has 3 nitrogen and oxygen atoms in total. The molecule has 7 heteroatoms. The second-order valence-corrected chi connectivity index (χ2v) is 2.87. The number of rotatable bonds is 1. The Labute approximate surface area is 78.4 Å². The van der Waals surface area contributed by atoms with Gasteiger partial charge in [-0.3, -0.25) is 10.1 Å². The Morgan fingerprint density at radius 2 is 1.85 bits per heavy atom. The van der Waals surface area contributed by atoms with Gasteiger partial charge in [-0.2, -0.15) is 4.39 Å². The SMILES string of the molecule is O=[N+]([O-])c1c(F)c(F)cc(F)c1Br. The largest absolute Gasteiger partial charge is 0.324 e. The van der Waals surface area contributed by atoms with E-state index in [1.807, 2.05) is 0 Å². The van der Waals surface area contributed by atoms with Crippen molar-refractivity contribution in [2.45, 2.75) is 0 Å². The molecule has 13 heavy (non-hydrogen) atoms. The lowest BCUT2D eigenvalue weighted by Crippen LogP contribution is -1.99. The third kappa shape index (κ3) is 1.64. The first-order chi connectivity index (χ1) is 5.95. The van der Waals surface area contributed by atoms with Crippen LogP contribution in [-0.2, 0) is 0 Å². The first-order valence-corrected chi connectivity index (χ1v) is 3.72. The normalized spacial score (nSPS) is 10.2. The van der Waals surface area contributed by atoms with Crippen LogP contribution in [0.4, 0.5) is 18.9 Å². The van der Waals surface area contributed by atoms with Gasteiger partial charge in [0.25, 0.3) is 0 Å². The van der Waals surface area contributed by atoms with Crippen molar-refractivity contribution < 1.29 is 18.1 Å². The van der Waals surface area contributed by atoms with E-state index in [2.05, 4.69) is 15.9 Å². The van der Waals surface area contributed by atoms with Gasteiger partial charge < -0.3 is 0 Å². The molecule has 0 bridgehead atoms. The highest BCUT2D eigenvalue weighted by molar-refractivity contribution is 9.10. The predicted octanol–water partition coefficient (Wildman–Crippen LogP) is 2.77. The number of nitro benzene ring substituents is 1. The van der Waals surface area contributed by atoms with E-state index >= 15 is 0 Å². The van der Waals surface area contributed by atoms with E-state index in [0.717, 1.165) is 0 Å². The number of nitro groups is 1. The highest BCUT2D eigenvalue weighted by Crippen LogP contribution is 2.31. The zero-order chi connectivity index (χ0) is 10.2. The van der Waals surface area contributed by atoms with Gasteiger partial charge >= 0.3 is 5.69 Å². The second kappa shape index (κ2) is 3.33. The maximum absolute atomic E-state index is 12.7. The summed E-state index contributed by atoms with van der Waals surface area (Å²) in [4.78, 5) is 8.95. The molecule has 1 aromatic rings. The Morgan fingerprint density at radius 1 is 1.31 bits per heavy atom. The second-order valence-electron chi connectivity index (χ2n) is 2.07. The van der Waals surface area contributed by atoms with Crippen LogP contribution in [0, 0.1) is 27.6 Å². The standard InChI is InChI=1S/C6HBrF3NO2/c7-4-2(8)1-3(9)5(10)6(4)11(12)13/h1H. The highest BCUT2D eigenvalue weighted by Gasteiger charge is 2.26. The van der Waals surface area contributed by atoms with Crippen molar-refractivity contribution >= 4 is 21.6 Å². The quantitative estimate of drug-likeness (QED) is 0.440. The van der Waals surface area contributed by atoms with Gasteiger partial charge in [0.15, 0.2) is 5.82 Å². The van der Waals surface area contributed by atoms with Gasteiger partial charge in [0.05, 0.1) is 4.92 Å². The van der Waals surface area contributed by atoms with Crippen LogP contribution < -0.4 is 0 Å². The maximum Gasteiger partial charge on any atom is 0.324 e. The molecular formula is C6HBrF3NO2. The number of benzene rings is 1. The number of hydrogen-bond acceptors (Lipinski definition) is 2. The lowest BCUT2D eigenvalue weighted by Gasteiger charge is -1.99. The van der Waals surface area contributed by atoms with Crippen LogP contribution in [0.1, 0.15) is 0 Å². The minimum atomic E-state index is -1.68. The van der Waals surface area contributed by atoms with E-state index in [4.69, 9.17) is 0 Å². The molecule has 0 saturated carbocycles. The number of nitrogens with zero attached hydrogens (tertiary/aromatic N) is 1. The lowest BCUT2D eigenvalue weighted by molar-refractivity contribution is -0.388. The van der Waals surface area contributed by atoms with Crippen LogP contribution >= 0.6 is 15.9 Å². The molecule has 0 amide bonds. The third-order valence-corrected chi connectivity index (χ3v) is 2.03. The van der Waals surface area contributed by atoms with Crippen LogP contribution in [0.3, 0.4) is 0 Å². The summed E-state index contributed by atoms with van der Waals surface area (Å²) in [6.45, 7) is 0. The summed E-state index contributed by atoms with van der Waals surface area (Å²) in [5, 5.41) is 10.1. The molecule has 0 aliphatic heterocycles. The fourth-order valence-electron chi connectivity index (χ4n) is 0.721. The summed E-state index contributed by atoms with van der Waals surface area (Å²) < 4.78 is 37.0. The molecule has 0 fully saturated rings. The Balaban J connectivity index is 3.56. The van der Waals surface area contributed by atoms with Crippen molar-refractivity contribution in [2.75, 3.05) is 0 Å². The maximum atomic E-state index is 12.7. The molecule has 0 aliphatic rings. The molecule has 0 radical (unpaired) electrons. The molecule has 0 saturated heterocycles. The van der Waals surface area contributed by atoms with E-state index < -0.39 is 32.5 Å². The zero-order valence-corrected chi connectivity index (χ0v) is 7.44. The van der Waals surface area contributed by atoms with Gasteiger partial charge in [0, 0.05) is 6.07 Å². The molecule has 0 N–H and O–H groups in total. The molecule has 0 heterocycles. The molecular weight excluding hydrogens is 255 g/mol. The van der Waals surface area contributed by atoms with Crippen LogP contribution in [0.25, 0.3) is 0 Å².